The van der Waals surface area contributed by atoms with Gasteiger partial charge in [0, 0.05) is 19.0 Å². The highest BCUT2D eigenvalue weighted by Gasteiger charge is 2.12. The summed E-state index contributed by atoms with van der Waals surface area (Å²) in [4.78, 5) is 21.6. The lowest BCUT2D eigenvalue weighted by Gasteiger charge is -2.05. The van der Waals surface area contributed by atoms with Crippen molar-refractivity contribution < 1.29 is 19.8 Å². The van der Waals surface area contributed by atoms with Gasteiger partial charge in [0.05, 0.1) is 0 Å². The van der Waals surface area contributed by atoms with Crippen LogP contribution in [0, 0.1) is 0 Å². The first kappa shape index (κ1) is 13.9. The van der Waals surface area contributed by atoms with Gasteiger partial charge in [-0.1, -0.05) is 30.3 Å². The van der Waals surface area contributed by atoms with Gasteiger partial charge >= 0.3 is 5.97 Å². The van der Waals surface area contributed by atoms with Gasteiger partial charge in [0.15, 0.2) is 6.10 Å². The molecule has 0 bridgehead atoms. The number of aliphatic hydroxyl groups is 1. The molecular weight excluding hydrogens is 234 g/mol. The number of benzene rings is 1. The van der Waals surface area contributed by atoms with E-state index in [9.17, 15) is 9.59 Å². The molecule has 0 saturated heterocycles. The number of carbonyl (C=O) groups is 2. The van der Waals surface area contributed by atoms with E-state index in [2.05, 4.69) is 5.32 Å². The summed E-state index contributed by atoms with van der Waals surface area (Å²) in [6.07, 6.45) is 1.56. The van der Waals surface area contributed by atoms with Crippen LogP contribution in [0.1, 0.15) is 12.0 Å². The quantitative estimate of drug-likeness (QED) is 0.646. The number of hydrogen-bond acceptors (Lipinski definition) is 3. The van der Waals surface area contributed by atoms with E-state index in [0.717, 1.165) is 5.56 Å². The van der Waals surface area contributed by atoms with E-state index in [0.29, 0.717) is 0 Å². The molecule has 0 fully saturated rings. The van der Waals surface area contributed by atoms with Crippen LogP contribution in [0.15, 0.2) is 36.4 Å². The van der Waals surface area contributed by atoms with E-state index < -0.39 is 12.1 Å². The van der Waals surface area contributed by atoms with Crippen molar-refractivity contribution in [2.45, 2.75) is 12.5 Å². The first-order chi connectivity index (χ1) is 8.59. The number of nitrogens with one attached hydrogen (secondary N) is 1. The first-order valence-electron chi connectivity index (χ1n) is 5.51. The van der Waals surface area contributed by atoms with Crippen molar-refractivity contribution in [1.29, 1.82) is 0 Å². The van der Waals surface area contributed by atoms with Crippen LogP contribution < -0.4 is 5.32 Å². The Balaban J connectivity index is 2.30. The van der Waals surface area contributed by atoms with Gasteiger partial charge in [-0.15, -0.1) is 0 Å². The fourth-order valence-electron chi connectivity index (χ4n) is 1.25. The molecule has 1 aromatic rings. The van der Waals surface area contributed by atoms with Crippen LogP contribution in [0.2, 0.25) is 0 Å². The summed E-state index contributed by atoms with van der Waals surface area (Å²) in [5, 5.41) is 19.9. The highest BCUT2D eigenvalue weighted by molar-refractivity contribution is 5.91. The van der Waals surface area contributed by atoms with Gasteiger partial charge in [-0.2, -0.15) is 0 Å². The highest BCUT2D eigenvalue weighted by atomic mass is 16.4. The molecule has 5 nitrogen and oxygen atoms in total. The lowest BCUT2D eigenvalue weighted by atomic mass is 10.2. The minimum Gasteiger partial charge on any atom is -0.479 e. The van der Waals surface area contributed by atoms with E-state index >= 15 is 0 Å². The zero-order chi connectivity index (χ0) is 13.4. The molecule has 3 N–H and O–H groups in total. The zero-order valence-electron chi connectivity index (χ0n) is 9.74. The van der Waals surface area contributed by atoms with Crippen LogP contribution >= 0.6 is 0 Å². The Morgan fingerprint density at radius 1 is 1.28 bits per heavy atom. The maximum atomic E-state index is 11.3. The number of rotatable bonds is 6. The molecule has 0 spiro atoms. The number of carboxylic acids is 1. The molecule has 5 heteroatoms. The summed E-state index contributed by atoms with van der Waals surface area (Å²) >= 11 is 0. The van der Waals surface area contributed by atoms with E-state index in [4.69, 9.17) is 10.2 Å². The fraction of sp³-hybridized carbons (Fsp3) is 0.231. The summed E-state index contributed by atoms with van der Waals surface area (Å²) in [6.45, 7) is 0.116. The van der Waals surface area contributed by atoms with Crippen molar-refractivity contribution in [2.75, 3.05) is 6.54 Å². The Morgan fingerprint density at radius 3 is 2.56 bits per heavy atom. The molecule has 1 aromatic carbocycles. The van der Waals surface area contributed by atoms with E-state index in [1.807, 2.05) is 30.3 Å². The Labute approximate surface area is 105 Å². The lowest BCUT2D eigenvalue weighted by Crippen LogP contribution is -2.28. The van der Waals surface area contributed by atoms with Crippen LogP contribution in [-0.4, -0.2) is 34.7 Å². The van der Waals surface area contributed by atoms with Gasteiger partial charge in [0.2, 0.25) is 5.91 Å². The number of aliphatic hydroxyl groups excluding tert-OH is 1. The third-order valence-electron chi connectivity index (χ3n) is 2.23. The number of aliphatic carboxylic acids is 1. The summed E-state index contributed by atoms with van der Waals surface area (Å²) in [5.74, 6) is -1.61. The fourth-order valence-corrected chi connectivity index (χ4v) is 1.25. The molecular formula is C13H15NO4. The molecule has 0 aromatic heterocycles. The third kappa shape index (κ3) is 5.27. The molecule has 0 aliphatic heterocycles. The van der Waals surface area contributed by atoms with Crippen molar-refractivity contribution >= 4 is 18.0 Å². The summed E-state index contributed by atoms with van der Waals surface area (Å²) in [6, 6.07) is 9.32. The molecule has 1 unspecified atom stereocenters. The van der Waals surface area contributed by atoms with Crippen LogP contribution in [0.4, 0.5) is 0 Å². The topological polar surface area (TPSA) is 86.6 Å². The lowest BCUT2D eigenvalue weighted by molar-refractivity contribution is -0.147. The second kappa shape index (κ2) is 7.24. The predicted molar refractivity (Wildman–Crippen MR) is 66.7 cm³/mol. The predicted octanol–water partition coefficient (Wildman–Crippen LogP) is 0.652. The molecule has 1 amide bonds. The Morgan fingerprint density at radius 2 is 1.94 bits per heavy atom. The van der Waals surface area contributed by atoms with Crippen LogP contribution in [-0.2, 0) is 9.59 Å². The van der Waals surface area contributed by atoms with Gasteiger partial charge < -0.3 is 15.5 Å². The number of carbonyl (C=O) groups excluding carboxylic acids is 1. The van der Waals surface area contributed by atoms with Gasteiger partial charge in [-0.3, -0.25) is 4.79 Å². The molecule has 18 heavy (non-hydrogen) atoms. The largest absolute Gasteiger partial charge is 0.479 e. The van der Waals surface area contributed by atoms with E-state index in [1.165, 1.54) is 6.08 Å². The van der Waals surface area contributed by atoms with Crippen molar-refractivity contribution in [3.05, 3.63) is 42.0 Å². The zero-order valence-corrected chi connectivity index (χ0v) is 9.74. The Hall–Kier alpha value is -2.14. The number of hydrogen-bond donors (Lipinski definition) is 3. The molecule has 0 saturated carbocycles. The van der Waals surface area contributed by atoms with Gasteiger partial charge in [-0.05, 0) is 11.6 Å². The van der Waals surface area contributed by atoms with Gasteiger partial charge in [0.25, 0.3) is 0 Å². The van der Waals surface area contributed by atoms with Gasteiger partial charge in [0.1, 0.15) is 0 Å². The number of carboxylic acid groups (broad SMARTS) is 1. The minimum absolute atomic E-state index is 0.0136. The third-order valence-corrected chi connectivity index (χ3v) is 2.23. The monoisotopic (exact) mass is 249 g/mol. The second-order valence-corrected chi connectivity index (χ2v) is 3.68. The number of amides is 1. The molecule has 0 radical (unpaired) electrons. The molecule has 1 atom stereocenters. The Kier molecular flexibility index (Phi) is 5.60. The smallest absolute Gasteiger partial charge is 0.332 e. The van der Waals surface area contributed by atoms with Crippen molar-refractivity contribution in [2.24, 2.45) is 0 Å². The maximum Gasteiger partial charge on any atom is 0.332 e. The SMILES string of the molecule is O=C(/C=C/c1ccccc1)NCCC(O)C(=O)O. The molecule has 0 aliphatic rings. The summed E-state index contributed by atoms with van der Waals surface area (Å²) in [7, 11) is 0. The van der Waals surface area contributed by atoms with Gasteiger partial charge in [-0.25, -0.2) is 4.79 Å². The summed E-state index contributed by atoms with van der Waals surface area (Å²) in [5.41, 5.74) is 0.901. The normalized spacial score (nSPS) is 12.3. The van der Waals surface area contributed by atoms with Crippen molar-refractivity contribution in [1.82, 2.24) is 5.32 Å². The maximum absolute atomic E-state index is 11.3. The van der Waals surface area contributed by atoms with Crippen molar-refractivity contribution in [3.63, 3.8) is 0 Å². The molecule has 1 rings (SSSR count). The molecule has 96 valence electrons. The van der Waals surface area contributed by atoms with E-state index in [1.54, 1.807) is 6.08 Å². The summed E-state index contributed by atoms with van der Waals surface area (Å²) < 4.78 is 0. The molecule has 0 aliphatic carbocycles. The van der Waals surface area contributed by atoms with Crippen LogP contribution in [0.5, 0.6) is 0 Å². The average Bonchev–Trinajstić information content (AvgIpc) is 2.37. The van der Waals surface area contributed by atoms with Crippen LogP contribution in [0.25, 0.3) is 6.08 Å². The highest BCUT2D eigenvalue weighted by Crippen LogP contribution is 2.00. The molecule has 0 heterocycles. The Bertz CT molecular complexity index is 428. The van der Waals surface area contributed by atoms with Crippen LogP contribution in [0.3, 0.4) is 0 Å². The minimum atomic E-state index is -1.44. The average molecular weight is 249 g/mol. The first-order valence-corrected chi connectivity index (χ1v) is 5.51. The second-order valence-electron chi connectivity index (χ2n) is 3.68. The standard InChI is InChI=1S/C13H15NO4/c15-11(13(17)18)8-9-14-12(16)7-6-10-4-2-1-3-5-10/h1-7,11,15H,8-9H2,(H,14,16)(H,17,18)/b7-6+. The van der Waals surface area contributed by atoms with Crippen molar-refractivity contribution in [3.8, 4) is 0 Å². The van der Waals surface area contributed by atoms with E-state index in [-0.39, 0.29) is 18.9 Å².